The maximum Gasteiger partial charge on any atom is 0.322 e. The fourth-order valence-electron chi connectivity index (χ4n) is 2.36. The van der Waals surface area contributed by atoms with Gasteiger partial charge in [0.15, 0.2) is 4.90 Å². The van der Waals surface area contributed by atoms with Gasteiger partial charge in [0, 0.05) is 13.1 Å². The first-order chi connectivity index (χ1) is 11.7. The number of nitrogens with zero attached hydrogens (tertiary/aromatic N) is 2. The van der Waals surface area contributed by atoms with Crippen molar-refractivity contribution in [3.05, 3.63) is 70.3 Å². The first kappa shape index (κ1) is 18.6. The topological polar surface area (TPSA) is 118 Å². The van der Waals surface area contributed by atoms with Crippen LogP contribution in [-0.2, 0) is 21.2 Å². The molecule has 0 amide bonds. The van der Waals surface area contributed by atoms with E-state index in [-0.39, 0.29) is 6.42 Å². The summed E-state index contributed by atoms with van der Waals surface area (Å²) in [5, 5.41) is 20.5. The summed E-state index contributed by atoms with van der Waals surface area (Å²) in [6.07, 6.45) is -0.0630. The van der Waals surface area contributed by atoms with Gasteiger partial charge >= 0.3 is 5.97 Å². The van der Waals surface area contributed by atoms with Crippen LogP contribution in [0.15, 0.2) is 59.5 Å². The van der Waals surface area contributed by atoms with Gasteiger partial charge in [-0.25, -0.2) is 8.42 Å². The first-order valence-corrected chi connectivity index (χ1v) is 8.67. The Morgan fingerprint density at radius 1 is 1.16 bits per heavy atom. The van der Waals surface area contributed by atoms with Crippen LogP contribution >= 0.6 is 0 Å². The minimum Gasteiger partial charge on any atom is -0.480 e. The molecule has 9 heteroatoms. The molecular weight excluding hydrogens is 348 g/mol. The lowest BCUT2D eigenvalue weighted by molar-refractivity contribution is -0.387. The molecule has 0 aliphatic heterocycles. The van der Waals surface area contributed by atoms with E-state index in [4.69, 9.17) is 0 Å². The highest BCUT2D eigenvalue weighted by Gasteiger charge is 2.36. The maximum absolute atomic E-state index is 12.8. The van der Waals surface area contributed by atoms with Crippen molar-refractivity contribution in [2.24, 2.45) is 0 Å². The Bertz CT molecular complexity index is 883. The van der Waals surface area contributed by atoms with E-state index in [0.29, 0.717) is 9.87 Å². The summed E-state index contributed by atoms with van der Waals surface area (Å²) >= 11 is 0. The lowest BCUT2D eigenvalue weighted by Gasteiger charge is -2.24. The molecule has 0 saturated carbocycles. The molecule has 2 rings (SSSR count). The third-order valence-corrected chi connectivity index (χ3v) is 5.63. The van der Waals surface area contributed by atoms with Crippen molar-refractivity contribution in [1.82, 2.24) is 4.31 Å². The van der Waals surface area contributed by atoms with Crippen molar-refractivity contribution in [3.8, 4) is 0 Å². The van der Waals surface area contributed by atoms with Crippen molar-refractivity contribution in [3.63, 3.8) is 0 Å². The number of hydrogen-bond acceptors (Lipinski definition) is 5. The van der Waals surface area contributed by atoms with Crippen LogP contribution in [0, 0.1) is 10.1 Å². The number of carboxylic acids is 1. The Morgan fingerprint density at radius 2 is 1.72 bits per heavy atom. The molecule has 0 radical (unpaired) electrons. The van der Waals surface area contributed by atoms with E-state index in [1.165, 1.54) is 12.1 Å². The largest absolute Gasteiger partial charge is 0.480 e. The number of nitro groups is 1. The summed E-state index contributed by atoms with van der Waals surface area (Å²) in [7, 11) is -3.26. The van der Waals surface area contributed by atoms with Gasteiger partial charge in [0.2, 0.25) is 10.0 Å². The number of hydrogen-bond donors (Lipinski definition) is 1. The van der Waals surface area contributed by atoms with Crippen LogP contribution in [0.5, 0.6) is 0 Å². The summed E-state index contributed by atoms with van der Waals surface area (Å²) in [6, 6.07) is 12.0. The van der Waals surface area contributed by atoms with Gasteiger partial charge in [-0.05, 0) is 18.1 Å². The molecule has 0 spiro atoms. The molecule has 0 aromatic heterocycles. The molecule has 132 valence electrons. The molecule has 0 bridgehead atoms. The highest BCUT2D eigenvalue weighted by molar-refractivity contribution is 7.89. The monoisotopic (exact) mass is 364 g/mol. The number of aliphatic carboxylic acids is 1. The summed E-state index contributed by atoms with van der Waals surface area (Å²) in [5.41, 5.74) is 0.0395. The van der Waals surface area contributed by atoms with Crippen molar-refractivity contribution >= 4 is 21.7 Å². The Morgan fingerprint density at radius 3 is 2.28 bits per heavy atom. The molecule has 1 atom stereocenters. The summed E-state index contributed by atoms with van der Waals surface area (Å²) in [5.74, 6) is -1.34. The highest BCUT2D eigenvalue weighted by Crippen LogP contribution is 2.27. The number of carbonyl (C=O) groups is 1. The fourth-order valence-corrected chi connectivity index (χ4v) is 3.82. The van der Waals surface area contributed by atoms with Gasteiger partial charge < -0.3 is 5.11 Å². The van der Waals surface area contributed by atoms with E-state index >= 15 is 0 Å². The van der Waals surface area contributed by atoms with E-state index < -0.39 is 37.5 Å². The average Bonchev–Trinajstić information content (AvgIpc) is 2.59. The number of nitro benzene ring substituents is 1. The SMILES string of the molecule is CN([C@@H](Cc1ccccc1)C(=O)O)S(=O)(=O)c1ccccc1[N+](=O)[O-]. The zero-order valence-electron chi connectivity index (χ0n) is 13.3. The molecule has 0 unspecified atom stereocenters. The highest BCUT2D eigenvalue weighted by atomic mass is 32.2. The van der Waals surface area contributed by atoms with Gasteiger partial charge in [0.05, 0.1) is 4.92 Å². The van der Waals surface area contributed by atoms with E-state index in [9.17, 15) is 28.4 Å². The van der Waals surface area contributed by atoms with E-state index in [2.05, 4.69) is 0 Å². The van der Waals surface area contributed by atoms with E-state index in [1.54, 1.807) is 30.3 Å². The molecule has 25 heavy (non-hydrogen) atoms. The van der Waals surface area contributed by atoms with Gasteiger partial charge in [0.1, 0.15) is 6.04 Å². The zero-order chi connectivity index (χ0) is 18.6. The van der Waals surface area contributed by atoms with Crippen LogP contribution in [-0.4, -0.2) is 41.8 Å². The summed E-state index contributed by atoms with van der Waals surface area (Å²) in [6.45, 7) is 0. The van der Waals surface area contributed by atoms with E-state index in [0.717, 1.165) is 19.2 Å². The zero-order valence-corrected chi connectivity index (χ0v) is 14.1. The lowest BCUT2D eigenvalue weighted by atomic mass is 10.1. The van der Waals surface area contributed by atoms with E-state index in [1.807, 2.05) is 0 Å². The Kier molecular flexibility index (Phi) is 5.50. The molecule has 0 heterocycles. The smallest absolute Gasteiger partial charge is 0.322 e. The summed E-state index contributed by atoms with van der Waals surface area (Å²) in [4.78, 5) is 21.3. The Labute approximate surface area is 144 Å². The molecule has 0 aliphatic carbocycles. The number of para-hydroxylation sites is 1. The number of likely N-dealkylation sites (N-methyl/N-ethyl adjacent to an activating group) is 1. The third-order valence-electron chi connectivity index (χ3n) is 3.71. The van der Waals surface area contributed by atoms with Crippen LogP contribution in [0.4, 0.5) is 5.69 Å². The molecular formula is C16H16N2O6S. The van der Waals surface area contributed by atoms with Crippen LogP contribution < -0.4 is 0 Å². The second-order valence-corrected chi connectivity index (χ2v) is 7.26. The average molecular weight is 364 g/mol. The standard InChI is InChI=1S/C16H16N2O6S/c1-17(14(16(19)20)11-12-7-3-2-4-8-12)25(23,24)15-10-6-5-9-13(15)18(21)22/h2-10,14H,11H2,1H3,(H,19,20)/t14-/m0/s1. The van der Waals surface area contributed by atoms with Crippen LogP contribution in [0.3, 0.4) is 0 Å². The number of sulfonamides is 1. The Balaban J connectivity index is 2.43. The fraction of sp³-hybridized carbons (Fsp3) is 0.188. The molecule has 1 N–H and O–H groups in total. The summed E-state index contributed by atoms with van der Waals surface area (Å²) < 4.78 is 26.2. The van der Waals surface area contributed by atoms with Crippen LogP contribution in [0.1, 0.15) is 5.56 Å². The molecule has 0 aliphatic rings. The van der Waals surface area contributed by atoms with Crippen molar-refractivity contribution < 1.29 is 23.2 Å². The normalized spacial score (nSPS) is 12.7. The number of carboxylic acid groups (broad SMARTS) is 1. The minimum atomic E-state index is -4.37. The van der Waals surface area contributed by atoms with Crippen molar-refractivity contribution in [2.75, 3.05) is 7.05 Å². The van der Waals surface area contributed by atoms with Gasteiger partial charge in [-0.3, -0.25) is 14.9 Å². The number of rotatable bonds is 7. The first-order valence-electron chi connectivity index (χ1n) is 7.23. The quantitative estimate of drug-likeness (QED) is 0.592. The molecule has 0 fully saturated rings. The Hall–Kier alpha value is -2.78. The molecule has 8 nitrogen and oxygen atoms in total. The van der Waals surface area contributed by atoms with Gasteiger partial charge in [-0.15, -0.1) is 0 Å². The lowest BCUT2D eigenvalue weighted by Crippen LogP contribution is -2.43. The predicted molar refractivity (Wildman–Crippen MR) is 89.6 cm³/mol. The van der Waals surface area contributed by atoms with Crippen LogP contribution in [0.25, 0.3) is 0 Å². The predicted octanol–water partition coefficient (Wildman–Crippen LogP) is 1.91. The minimum absolute atomic E-state index is 0.0630. The van der Waals surface area contributed by atoms with Gasteiger partial charge in [-0.2, -0.15) is 4.31 Å². The second-order valence-electron chi connectivity index (χ2n) is 5.29. The van der Waals surface area contributed by atoms with Gasteiger partial charge in [-0.1, -0.05) is 42.5 Å². The molecule has 2 aromatic carbocycles. The molecule has 2 aromatic rings. The third kappa shape index (κ3) is 4.01. The van der Waals surface area contributed by atoms with Gasteiger partial charge in [0.25, 0.3) is 5.69 Å². The number of benzene rings is 2. The second kappa shape index (κ2) is 7.41. The van der Waals surface area contributed by atoms with Crippen molar-refractivity contribution in [2.45, 2.75) is 17.4 Å². The maximum atomic E-state index is 12.8. The van der Waals surface area contributed by atoms with Crippen LogP contribution in [0.2, 0.25) is 0 Å². The molecule has 0 saturated heterocycles. The van der Waals surface area contributed by atoms with Crippen molar-refractivity contribution in [1.29, 1.82) is 0 Å².